The Kier molecular flexibility index (Phi) is 8.36. The number of hydrogen-bond acceptors (Lipinski definition) is 6. The Balaban J connectivity index is 3.44. The Hall–Kier alpha value is -0.530. The quantitative estimate of drug-likeness (QED) is 0.417. The first kappa shape index (κ1) is 18.5. The maximum Gasteiger partial charge on any atom is 0.189 e. The Bertz CT molecular complexity index is 262. The van der Waals surface area contributed by atoms with Gasteiger partial charge in [-0.3, -0.25) is 10.1 Å². The number of hydrogen-bond donors (Lipinski definition) is 2. The van der Waals surface area contributed by atoms with Crippen molar-refractivity contribution in [1.82, 2.24) is 5.32 Å². The fraction of sp³-hybridized carbons (Fsp3) is 0.923. The van der Waals surface area contributed by atoms with Gasteiger partial charge in [-0.05, 0) is 27.7 Å². The summed E-state index contributed by atoms with van der Waals surface area (Å²) in [5.41, 5.74) is 4.56. The van der Waals surface area contributed by atoms with Crippen molar-refractivity contribution in [3.8, 4) is 0 Å². The molecule has 0 aromatic carbocycles. The molecule has 6 heteroatoms. The lowest BCUT2D eigenvalue weighted by atomic mass is 10.0. The number of rotatable bonds is 11. The van der Waals surface area contributed by atoms with E-state index in [4.69, 9.17) is 19.9 Å². The highest BCUT2D eigenvalue weighted by Gasteiger charge is 2.26. The fourth-order valence-electron chi connectivity index (χ4n) is 1.12. The third-order valence-corrected chi connectivity index (χ3v) is 2.61. The molecule has 0 aliphatic carbocycles. The fourth-order valence-corrected chi connectivity index (χ4v) is 1.12. The molecule has 0 aliphatic rings. The van der Waals surface area contributed by atoms with Crippen LogP contribution in [0, 0.1) is 0 Å². The number of carbonyl (C=O) groups is 1. The molecule has 0 radical (unpaired) electrons. The molecule has 0 aromatic rings. The van der Waals surface area contributed by atoms with E-state index in [2.05, 4.69) is 5.32 Å². The predicted octanol–water partition coefficient (Wildman–Crippen LogP) is 0.298. The van der Waals surface area contributed by atoms with Gasteiger partial charge in [0.1, 0.15) is 12.2 Å². The molecule has 0 fully saturated rings. The molecule has 0 saturated heterocycles. The van der Waals surface area contributed by atoms with Crippen LogP contribution in [0.5, 0.6) is 0 Å². The summed E-state index contributed by atoms with van der Waals surface area (Å²) in [7, 11) is 1.51. The molecule has 0 bridgehead atoms. The Morgan fingerprint density at radius 1 is 1.11 bits per heavy atom. The van der Waals surface area contributed by atoms with Gasteiger partial charge in [0.15, 0.2) is 5.78 Å². The van der Waals surface area contributed by atoms with E-state index in [1.54, 1.807) is 13.8 Å². The van der Waals surface area contributed by atoms with E-state index in [9.17, 15) is 4.79 Å². The summed E-state index contributed by atoms with van der Waals surface area (Å²) in [4.78, 5) is 11.6. The third kappa shape index (κ3) is 9.98. The molecule has 6 nitrogen and oxygen atoms in total. The highest BCUT2D eigenvalue weighted by atomic mass is 16.5. The molecule has 0 saturated carbocycles. The van der Waals surface area contributed by atoms with Gasteiger partial charge >= 0.3 is 0 Å². The summed E-state index contributed by atoms with van der Waals surface area (Å²) in [6, 6.07) is 0. The molecule has 0 spiro atoms. The van der Waals surface area contributed by atoms with E-state index in [0.29, 0.717) is 26.4 Å². The molecule has 0 rings (SSSR count). The Morgan fingerprint density at radius 3 is 2.21 bits per heavy atom. The second-order valence-corrected chi connectivity index (χ2v) is 5.45. The number of ether oxygens (including phenoxy) is 3. The van der Waals surface area contributed by atoms with Crippen LogP contribution >= 0.6 is 0 Å². The zero-order valence-electron chi connectivity index (χ0n) is 12.7. The van der Waals surface area contributed by atoms with E-state index in [1.165, 1.54) is 7.11 Å². The Morgan fingerprint density at radius 2 is 1.68 bits per heavy atom. The van der Waals surface area contributed by atoms with E-state index >= 15 is 0 Å². The number of nitrogens with one attached hydrogen (secondary N) is 1. The van der Waals surface area contributed by atoms with Crippen LogP contribution in [0.4, 0.5) is 0 Å². The van der Waals surface area contributed by atoms with Crippen molar-refractivity contribution in [3.05, 3.63) is 0 Å². The average molecular weight is 276 g/mol. The minimum Gasteiger partial charge on any atom is -0.378 e. The lowest BCUT2D eigenvalue weighted by Gasteiger charge is -2.21. The molecular weight excluding hydrogens is 248 g/mol. The van der Waals surface area contributed by atoms with E-state index in [0.717, 1.165) is 0 Å². The van der Waals surface area contributed by atoms with Crippen LogP contribution < -0.4 is 11.1 Å². The second-order valence-electron chi connectivity index (χ2n) is 5.45. The van der Waals surface area contributed by atoms with Gasteiger partial charge in [0.2, 0.25) is 0 Å². The summed E-state index contributed by atoms with van der Waals surface area (Å²) >= 11 is 0. The summed E-state index contributed by atoms with van der Waals surface area (Å²) in [6.07, 6.45) is 0. The number of Topliss-reactive ketones (excluding diaryl/α,β-unsaturated/α-hetero) is 1. The highest BCUT2D eigenvalue weighted by Crippen LogP contribution is 2.08. The summed E-state index contributed by atoms with van der Waals surface area (Å²) in [6.45, 7) is 9.33. The number of methoxy groups -OCH3 is 1. The SMILES string of the molecule is COC(C)(C)C(=O)COCCOCCNC(C)(C)N. The number of nitrogens with two attached hydrogens (primary N) is 1. The van der Waals surface area contributed by atoms with Crippen LogP contribution in [0.25, 0.3) is 0 Å². The van der Waals surface area contributed by atoms with Gasteiger partial charge in [-0.15, -0.1) is 0 Å². The molecule has 0 aromatic heterocycles. The van der Waals surface area contributed by atoms with Crippen LogP contribution in [0.1, 0.15) is 27.7 Å². The van der Waals surface area contributed by atoms with Crippen LogP contribution in [-0.2, 0) is 19.0 Å². The zero-order valence-corrected chi connectivity index (χ0v) is 12.7. The van der Waals surface area contributed by atoms with Crippen molar-refractivity contribution in [2.75, 3.05) is 40.1 Å². The predicted molar refractivity (Wildman–Crippen MR) is 74.0 cm³/mol. The molecule has 0 aliphatic heterocycles. The normalized spacial score (nSPS) is 12.7. The molecule has 19 heavy (non-hydrogen) atoms. The monoisotopic (exact) mass is 276 g/mol. The first-order valence-corrected chi connectivity index (χ1v) is 6.47. The summed E-state index contributed by atoms with van der Waals surface area (Å²) < 4.78 is 15.6. The van der Waals surface area contributed by atoms with Crippen molar-refractivity contribution in [3.63, 3.8) is 0 Å². The van der Waals surface area contributed by atoms with Gasteiger partial charge in [-0.2, -0.15) is 0 Å². The van der Waals surface area contributed by atoms with Gasteiger partial charge in [0, 0.05) is 13.7 Å². The topological polar surface area (TPSA) is 82.8 Å². The molecule has 0 amide bonds. The minimum absolute atomic E-state index is 0.0400. The summed E-state index contributed by atoms with van der Waals surface area (Å²) in [5, 5.41) is 3.10. The van der Waals surface area contributed by atoms with E-state index in [1.807, 2.05) is 13.8 Å². The standard InChI is InChI=1S/C13H28N2O4/c1-12(2,17-5)11(16)10-19-9-8-18-7-6-15-13(3,4)14/h15H,6-10,14H2,1-5H3. The van der Waals surface area contributed by atoms with Crippen LogP contribution in [0.2, 0.25) is 0 Å². The van der Waals surface area contributed by atoms with Gasteiger partial charge in [0.05, 0.1) is 25.5 Å². The van der Waals surface area contributed by atoms with Crippen molar-refractivity contribution < 1.29 is 19.0 Å². The van der Waals surface area contributed by atoms with Gasteiger partial charge in [0.25, 0.3) is 0 Å². The number of carbonyl (C=O) groups excluding carboxylic acids is 1. The first-order valence-electron chi connectivity index (χ1n) is 6.47. The minimum atomic E-state index is -0.794. The molecule has 0 atom stereocenters. The largest absolute Gasteiger partial charge is 0.378 e. The van der Waals surface area contributed by atoms with Crippen molar-refractivity contribution in [2.24, 2.45) is 5.73 Å². The molecule has 3 N–H and O–H groups in total. The molecule has 114 valence electrons. The zero-order chi connectivity index (χ0) is 14.9. The van der Waals surface area contributed by atoms with Gasteiger partial charge < -0.3 is 19.9 Å². The molecule has 0 unspecified atom stereocenters. The maximum atomic E-state index is 11.6. The third-order valence-electron chi connectivity index (χ3n) is 2.61. The van der Waals surface area contributed by atoms with Gasteiger partial charge in [-0.1, -0.05) is 0 Å². The van der Waals surface area contributed by atoms with Crippen LogP contribution in [0.15, 0.2) is 0 Å². The molecular formula is C13H28N2O4. The molecule has 0 heterocycles. The second kappa shape index (κ2) is 8.60. The van der Waals surface area contributed by atoms with Crippen LogP contribution in [0.3, 0.4) is 0 Å². The lowest BCUT2D eigenvalue weighted by Crippen LogP contribution is -2.49. The Labute approximate surface area is 116 Å². The van der Waals surface area contributed by atoms with E-state index in [-0.39, 0.29) is 12.4 Å². The first-order chi connectivity index (χ1) is 8.69. The lowest BCUT2D eigenvalue weighted by molar-refractivity contribution is -0.142. The van der Waals surface area contributed by atoms with Gasteiger partial charge in [-0.25, -0.2) is 0 Å². The van der Waals surface area contributed by atoms with Crippen LogP contribution in [-0.4, -0.2) is 57.1 Å². The van der Waals surface area contributed by atoms with Crippen molar-refractivity contribution >= 4 is 5.78 Å². The smallest absolute Gasteiger partial charge is 0.189 e. The summed E-state index contributed by atoms with van der Waals surface area (Å²) in [5.74, 6) is -0.0819. The number of ketones is 1. The average Bonchev–Trinajstić information content (AvgIpc) is 2.30. The highest BCUT2D eigenvalue weighted by molar-refractivity contribution is 5.87. The maximum absolute atomic E-state index is 11.6. The van der Waals surface area contributed by atoms with Crippen molar-refractivity contribution in [1.29, 1.82) is 0 Å². The van der Waals surface area contributed by atoms with E-state index < -0.39 is 11.3 Å². The van der Waals surface area contributed by atoms with Crippen molar-refractivity contribution in [2.45, 2.75) is 39.0 Å².